The molecule has 1 aromatic rings. The number of rotatable bonds is 2. The maximum atomic E-state index is 8.87. The Bertz CT molecular complexity index is 455. The Hall–Kier alpha value is -1.64. The van der Waals surface area contributed by atoms with Gasteiger partial charge in [-0.3, -0.25) is 4.90 Å². The first-order chi connectivity index (χ1) is 8.86. The molecule has 3 rings (SSSR count). The first-order valence-corrected chi connectivity index (χ1v) is 6.43. The van der Waals surface area contributed by atoms with Crippen molar-refractivity contribution in [2.75, 3.05) is 44.2 Å². The molecular weight excluding hydrogens is 226 g/mol. The van der Waals surface area contributed by atoms with Crippen molar-refractivity contribution in [3.8, 4) is 6.07 Å². The molecule has 0 atom stereocenters. The van der Waals surface area contributed by atoms with Crippen molar-refractivity contribution < 1.29 is 0 Å². The van der Waals surface area contributed by atoms with Gasteiger partial charge in [0.15, 0.2) is 0 Å². The number of aromatic nitrogens is 1. The standard InChI is InChI=1S/C13H17N5/c14-8-11-7-12(1-2-16-11)17-3-5-18(6-4-17)13-9-15-10-13/h1-2,7,13,15H,3-6,9-10H2. The number of piperazine rings is 1. The van der Waals surface area contributed by atoms with Crippen LogP contribution in [0, 0.1) is 11.3 Å². The van der Waals surface area contributed by atoms with Crippen molar-refractivity contribution in [3.05, 3.63) is 24.0 Å². The maximum absolute atomic E-state index is 8.87. The van der Waals surface area contributed by atoms with Crippen LogP contribution in [0.3, 0.4) is 0 Å². The van der Waals surface area contributed by atoms with E-state index in [4.69, 9.17) is 5.26 Å². The second-order valence-electron chi connectivity index (χ2n) is 4.85. The topological polar surface area (TPSA) is 55.2 Å². The molecule has 3 heterocycles. The van der Waals surface area contributed by atoms with Crippen LogP contribution in [0.2, 0.25) is 0 Å². The van der Waals surface area contributed by atoms with Crippen molar-refractivity contribution in [2.45, 2.75) is 6.04 Å². The van der Waals surface area contributed by atoms with Gasteiger partial charge in [-0.05, 0) is 12.1 Å². The number of nitrogens with zero attached hydrogens (tertiary/aromatic N) is 4. The third-order valence-corrected chi connectivity index (χ3v) is 3.81. The first kappa shape index (κ1) is 11.5. The molecule has 2 fully saturated rings. The highest BCUT2D eigenvalue weighted by Gasteiger charge is 2.27. The molecule has 5 nitrogen and oxygen atoms in total. The maximum Gasteiger partial charge on any atom is 0.142 e. The third kappa shape index (κ3) is 2.17. The zero-order valence-corrected chi connectivity index (χ0v) is 10.3. The average Bonchev–Trinajstić information content (AvgIpc) is 2.38. The molecule has 2 aliphatic rings. The lowest BCUT2D eigenvalue weighted by Gasteiger charge is -2.43. The monoisotopic (exact) mass is 243 g/mol. The zero-order valence-electron chi connectivity index (χ0n) is 10.3. The summed E-state index contributed by atoms with van der Waals surface area (Å²) >= 11 is 0. The Morgan fingerprint density at radius 3 is 2.67 bits per heavy atom. The Balaban J connectivity index is 1.63. The molecule has 0 saturated carbocycles. The molecule has 0 spiro atoms. The minimum absolute atomic E-state index is 0.498. The fraction of sp³-hybridized carbons (Fsp3) is 0.538. The number of nitrogens with one attached hydrogen (secondary N) is 1. The average molecular weight is 243 g/mol. The van der Waals surface area contributed by atoms with Crippen molar-refractivity contribution >= 4 is 5.69 Å². The van der Waals surface area contributed by atoms with Crippen molar-refractivity contribution in [2.24, 2.45) is 0 Å². The second-order valence-corrected chi connectivity index (χ2v) is 4.85. The molecule has 1 aromatic heterocycles. The van der Waals surface area contributed by atoms with E-state index in [-0.39, 0.29) is 0 Å². The minimum Gasteiger partial charge on any atom is -0.369 e. The van der Waals surface area contributed by atoms with E-state index in [1.165, 1.54) is 0 Å². The normalized spacial score (nSPS) is 21.4. The second kappa shape index (κ2) is 4.92. The van der Waals surface area contributed by atoms with Crippen LogP contribution in [0.15, 0.2) is 18.3 Å². The van der Waals surface area contributed by atoms with Gasteiger partial charge in [0, 0.05) is 57.2 Å². The molecule has 0 aromatic carbocycles. The number of hydrogen-bond acceptors (Lipinski definition) is 5. The van der Waals surface area contributed by atoms with Crippen LogP contribution < -0.4 is 10.2 Å². The van der Waals surface area contributed by atoms with Gasteiger partial charge in [-0.25, -0.2) is 4.98 Å². The summed E-state index contributed by atoms with van der Waals surface area (Å²) in [5.41, 5.74) is 1.62. The summed E-state index contributed by atoms with van der Waals surface area (Å²) in [5.74, 6) is 0. The van der Waals surface area contributed by atoms with E-state index in [2.05, 4.69) is 26.2 Å². The van der Waals surface area contributed by atoms with E-state index < -0.39 is 0 Å². The molecule has 5 heteroatoms. The summed E-state index contributed by atoms with van der Waals surface area (Å²) in [5, 5.41) is 12.2. The quantitative estimate of drug-likeness (QED) is 0.795. The number of anilines is 1. The summed E-state index contributed by atoms with van der Waals surface area (Å²) < 4.78 is 0. The molecule has 0 unspecified atom stereocenters. The van der Waals surface area contributed by atoms with Crippen LogP contribution in [0.1, 0.15) is 5.69 Å². The van der Waals surface area contributed by atoms with E-state index in [0.29, 0.717) is 5.69 Å². The Labute approximate surface area is 107 Å². The summed E-state index contributed by atoms with van der Waals surface area (Å²) in [7, 11) is 0. The van der Waals surface area contributed by atoms with Gasteiger partial charge in [0.25, 0.3) is 0 Å². The lowest BCUT2D eigenvalue weighted by Crippen LogP contribution is -2.61. The van der Waals surface area contributed by atoms with Gasteiger partial charge in [-0.2, -0.15) is 5.26 Å². The Morgan fingerprint density at radius 1 is 1.28 bits per heavy atom. The smallest absolute Gasteiger partial charge is 0.142 e. The van der Waals surface area contributed by atoms with Crippen LogP contribution in [0.25, 0.3) is 0 Å². The highest BCUT2D eigenvalue weighted by molar-refractivity contribution is 5.49. The molecule has 2 saturated heterocycles. The van der Waals surface area contributed by atoms with Crippen molar-refractivity contribution in [1.29, 1.82) is 5.26 Å². The number of pyridine rings is 1. The predicted octanol–water partition coefficient (Wildman–Crippen LogP) is 0.0471. The Morgan fingerprint density at radius 2 is 2.06 bits per heavy atom. The molecule has 2 aliphatic heterocycles. The van der Waals surface area contributed by atoms with E-state index in [0.717, 1.165) is 51.0 Å². The third-order valence-electron chi connectivity index (χ3n) is 3.81. The first-order valence-electron chi connectivity index (χ1n) is 6.43. The van der Waals surface area contributed by atoms with Gasteiger partial charge < -0.3 is 10.2 Å². The van der Waals surface area contributed by atoms with Crippen molar-refractivity contribution in [3.63, 3.8) is 0 Å². The minimum atomic E-state index is 0.498. The molecule has 0 amide bonds. The van der Waals surface area contributed by atoms with E-state index in [1.54, 1.807) is 6.20 Å². The summed E-state index contributed by atoms with van der Waals surface area (Å²) in [4.78, 5) is 8.91. The van der Waals surface area contributed by atoms with Gasteiger partial charge in [-0.1, -0.05) is 0 Å². The lowest BCUT2D eigenvalue weighted by molar-refractivity contribution is 0.138. The van der Waals surface area contributed by atoms with Gasteiger partial charge in [0.05, 0.1) is 0 Å². The van der Waals surface area contributed by atoms with Gasteiger partial charge >= 0.3 is 0 Å². The Kier molecular flexibility index (Phi) is 3.13. The van der Waals surface area contributed by atoms with Gasteiger partial charge in [0.2, 0.25) is 0 Å². The van der Waals surface area contributed by atoms with Gasteiger partial charge in [-0.15, -0.1) is 0 Å². The lowest BCUT2D eigenvalue weighted by atomic mass is 10.1. The van der Waals surface area contributed by atoms with Crippen LogP contribution in [0.4, 0.5) is 5.69 Å². The van der Waals surface area contributed by atoms with Crippen LogP contribution in [-0.4, -0.2) is 55.2 Å². The van der Waals surface area contributed by atoms with Gasteiger partial charge in [0.1, 0.15) is 11.8 Å². The van der Waals surface area contributed by atoms with E-state index in [9.17, 15) is 0 Å². The van der Waals surface area contributed by atoms with Crippen molar-refractivity contribution in [1.82, 2.24) is 15.2 Å². The van der Waals surface area contributed by atoms with Crippen LogP contribution in [-0.2, 0) is 0 Å². The molecular formula is C13H17N5. The van der Waals surface area contributed by atoms with Crippen LogP contribution in [0.5, 0.6) is 0 Å². The largest absolute Gasteiger partial charge is 0.369 e. The number of hydrogen-bond donors (Lipinski definition) is 1. The summed E-state index contributed by atoms with van der Waals surface area (Å²) in [6.07, 6.45) is 1.72. The molecule has 0 aliphatic carbocycles. The summed E-state index contributed by atoms with van der Waals surface area (Å²) in [6, 6.07) is 6.69. The summed E-state index contributed by atoms with van der Waals surface area (Å²) in [6.45, 7) is 6.55. The van der Waals surface area contributed by atoms with E-state index >= 15 is 0 Å². The SMILES string of the molecule is N#Cc1cc(N2CCN(C3CNC3)CC2)ccn1. The highest BCUT2D eigenvalue weighted by Crippen LogP contribution is 2.18. The number of nitriles is 1. The predicted molar refractivity (Wildman–Crippen MR) is 69.4 cm³/mol. The molecule has 18 heavy (non-hydrogen) atoms. The molecule has 0 bridgehead atoms. The molecule has 1 N–H and O–H groups in total. The highest BCUT2D eigenvalue weighted by atomic mass is 15.3. The van der Waals surface area contributed by atoms with E-state index in [1.807, 2.05) is 12.1 Å². The van der Waals surface area contributed by atoms with Crippen LogP contribution >= 0.6 is 0 Å². The fourth-order valence-electron chi connectivity index (χ4n) is 2.55. The molecule has 0 radical (unpaired) electrons. The molecule has 94 valence electrons. The fourth-order valence-corrected chi connectivity index (χ4v) is 2.55. The zero-order chi connectivity index (χ0) is 12.4.